The number of pyridine rings is 4. The van der Waals surface area contributed by atoms with Gasteiger partial charge >= 0.3 is 0 Å². The van der Waals surface area contributed by atoms with Crippen LogP contribution in [0.2, 0.25) is 0 Å². The lowest BCUT2D eigenvalue weighted by Gasteiger charge is -2.27. The summed E-state index contributed by atoms with van der Waals surface area (Å²) in [5.74, 6) is 1.36. The number of hydrogen-bond acceptors (Lipinski definition) is 4. The monoisotopic (exact) mass is 698 g/mol. The van der Waals surface area contributed by atoms with Crippen LogP contribution in [0.4, 0.5) is 0 Å². The van der Waals surface area contributed by atoms with Gasteiger partial charge in [-0.15, -0.1) is 0 Å². The Morgan fingerprint density at radius 1 is 0.358 bits per heavy atom. The van der Waals surface area contributed by atoms with Gasteiger partial charge in [-0.2, -0.15) is 0 Å². The maximum atomic E-state index is 5.13. The van der Waals surface area contributed by atoms with Crippen LogP contribution in [0.25, 0.3) is 55.5 Å². The second kappa shape index (κ2) is 12.9. The summed E-state index contributed by atoms with van der Waals surface area (Å²) in [5, 5.41) is 0. The highest BCUT2D eigenvalue weighted by Crippen LogP contribution is 2.37. The number of aromatic nitrogens is 6. The van der Waals surface area contributed by atoms with Crippen molar-refractivity contribution >= 4 is 44.1 Å². The van der Waals surface area contributed by atoms with E-state index in [9.17, 15) is 0 Å². The van der Waals surface area contributed by atoms with Crippen LogP contribution < -0.4 is 0 Å². The fraction of sp³-hybridized carbons (Fsp3) is 0.319. The van der Waals surface area contributed by atoms with Crippen LogP contribution in [0, 0.1) is 0 Å². The molecule has 0 spiro atoms. The van der Waals surface area contributed by atoms with Crippen molar-refractivity contribution in [2.24, 2.45) is 0 Å². The molecule has 0 amide bonds. The second-order valence-electron chi connectivity index (χ2n) is 16.4. The predicted octanol–water partition coefficient (Wildman–Crippen LogP) is 12.3. The lowest BCUT2D eigenvalue weighted by Crippen LogP contribution is -2.19. The summed E-state index contributed by atoms with van der Waals surface area (Å²) in [5.41, 5.74) is 17.0. The van der Waals surface area contributed by atoms with Gasteiger partial charge in [-0.25, -0.2) is 19.9 Å². The van der Waals surface area contributed by atoms with Gasteiger partial charge in [-0.1, -0.05) is 93.5 Å². The highest BCUT2D eigenvalue weighted by molar-refractivity contribution is 6.05. The van der Waals surface area contributed by atoms with E-state index in [4.69, 9.17) is 19.9 Å². The Hall–Kier alpha value is -5.36. The summed E-state index contributed by atoms with van der Waals surface area (Å²) in [6, 6.07) is 35.5. The molecule has 6 heterocycles. The van der Waals surface area contributed by atoms with Crippen molar-refractivity contribution in [2.45, 2.75) is 98.3 Å². The van der Waals surface area contributed by atoms with E-state index in [0.29, 0.717) is 23.7 Å². The molecular formula is C47H50N6. The number of benzene rings is 2. The van der Waals surface area contributed by atoms with E-state index < -0.39 is 0 Å². The van der Waals surface area contributed by atoms with Crippen molar-refractivity contribution < 1.29 is 0 Å². The molecule has 53 heavy (non-hydrogen) atoms. The number of hydrogen-bond donors (Lipinski definition) is 0. The molecule has 8 aromatic rings. The van der Waals surface area contributed by atoms with Crippen molar-refractivity contribution in [1.29, 1.82) is 0 Å². The third-order valence-electron chi connectivity index (χ3n) is 11.1. The Balaban J connectivity index is 1.17. The molecule has 0 radical (unpaired) electrons. The van der Waals surface area contributed by atoms with Crippen molar-refractivity contribution in [2.75, 3.05) is 0 Å². The minimum absolute atomic E-state index is 0.221. The average Bonchev–Trinajstić information content (AvgIpc) is 3.66. The quantitative estimate of drug-likeness (QED) is 0.158. The summed E-state index contributed by atoms with van der Waals surface area (Å²) in [6.45, 7) is 22.2. The standard InChI is InChI=1S/C47H50N6/c1-27(2)35-19-23-39-43(48-35)44-40(24-20-36(49-44)28(3)4)52(39)33-15-11-31(12-16-33)47(9,10)32-13-17-34(18-14-32)53-41-25-21-37(29(5)6)50-45(41)46-42(53)26-22-38(51-46)30(7)8/h11-30H,1-10H3. The fourth-order valence-corrected chi connectivity index (χ4v) is 7.61. The molecule has 0 saturated carbocycles. The van der Waals surface area contributed by atoms with E-state index in [2.05, 4.69) is 175 Å². The average molecular weight is 699 g/mol. The summed E-state index contributed by atoms with van der Waals surface area (Å²) in [7, 11) is 0. The van der Waals surface area contributed by atoms with Crippen LogP contribution in [0.3, 0.4) is 0 Å². The summed E-state index contributed by atoms with van der Waals surface area (Å²) < 4.78 is 4.63. The van der Waals surface area contributed by atoms with Gasteiger partial charge in [0.25, 0.3) is 0 Å². The Morgan fingerprint density at radius 2 is 0.604 bits per heavy atom. The molecule has 268 valence electrons. The third kappa shape index (κ3) is 5.80. The molecule has 6 aromatic heterocycles. The summed E-state index contributed by atoms with van der Waals surface area (Å²) >= 11 is 0. The van der Waals surface area contributed by atoms with Crippen LogP contribution in [-0.4, -0.2) is 29.1 Å². The molecule has 0 aliphatic carbocycles. The first-order valence-electron chi connectivity index (χ1n) is 19.2. The van der Waals surface area contributed by atoms with E-state index in [1.54, 1.807) is 0 Å². The molecule has 0 saturated heterocycles. The number of nitrogens with zero attached hydrogens (tertiary/aromatic N) is 6. The zero-order valence-electron chi connectivity index (χ0n) is 32.7. The van der Waals surface area contributed by atoms with Crippen molar-refractivity contribution in [3.63, 3.8) is 0 Å². The van der Waals surface area contributed by atoms with Crippen molar-refractivity contribution in [3.8, 4) is 11.4 Å². The van der Waals surface area contributed by atoms with Gasteiger partial charge in [0, 0.05) is 39.6 Å². The molecule has 6 heteroatoms. The van der Waals surface area contributed by atoms with Crippen LogP contribution in [0.5, 0.6) is 0 Å². The molecular weight excluding hydrogens is 649 g/mol. The van der Waals surface area contributed by atoms with Gasteiger partial charge in [0.1, 0.15) is 22.1 Å². The SMILES string of the molecule is CC(C)c1ccc2c(n1)c1nc(C(C)C)ccc1n2-c1ccc(C(C)(C)c2ccc(-n3c4ccc(C(C)C)nc4c4nc(C(C)C)ccc43)cc2)cc1. The minimum Gasteiger partial charge on any atom is -0.306 e. The first-order chi connectivity index (χ1) is 25.3. The predicted molar refractivity (Wildman–Crippen MR) is 221 cm³/mol. The first kappa shape index (κ1) is 34.7. The van der Waals surface area contributed by atoms with Gasteiger partial charge in [0.2, 0.25) is 0 Å². The van der Waals surface area contributed by atoms with Gasteiger partial charge in [-0.05, 0) is 108 Å². The molecule has 0 fully saturated rings. The van der Waals surface area contributed by atoms with Gasteiger partial charge in [0.15, 0.2) is 0 Å². The lowest BCUT2D eigenvalue weighted by molar-refractivity contribution is 0.640. The Bertz CT molecular complexity index is 2320. The molecule has 8 rings (SSSR count). The van der Waals surface area contributed by atoms with E-state index in [0.717, 1.165) is 78.3 Å². The minimum atomic E-state index is -0.221. The van der Waals surface area contributed by atoms with Gasteiger partial charge < -0.3 is 9.13 Å². The largest absolute Gasteiger partial charge is 0.306 e. The lowest BCUT2D eigenvalue weighted by atomic mass is 9.78. The van der Waals surface area contributed by atoms with E-state index in [1.807, 2.05) is 0 Å². The maximum Gasteiger partial charge on any atom is 0.115 e. The molecule has 0 atom stereocenters. The smallest absolute Gasteiger partial charge is 0.115 e. The third-order valence-corrected chi connectivity index (χ3v) is 11.1. The maximum absolute atomic E-state index is 5.13. The Labute approximate surface area is 313 Å². The Kier molecular flexibility index (Phi) is 8.48. The highest BCUT2D eigenvalue weighted by Gasteiger charge is 2.25. The Morgan fingerprint density at radius 3 is 0.830 bits per heavy atom. The normalized spacial score (nSPS) is 12.6. The zero-order chi connectivity index (χ0) is 37.3. The van der Waals surface area contributed by atoms with E-state index in [1.165, 1.54) is 11.1 Å². The molecule has 2 aromatic carbocycles. The van der Waals surface area contributed by atoms with Gasteiger partial charge in [-0.3, -0.25) is 0 Å². The van der Waals surface area contributed by atoms with Crippen LogP contribution in [0.1, 0.15) is 127 Å². The molecule has 0 aliphatic heterocycles. The van der Waals surface area contributed by atoms with Crippen molar-refractivity contribution in [3.05, 3.63) is 131 Å². The summed E-state index contributed by atoms with van der Waals surface area (Å²) in [4.78, 5) is 20.5. The zero-order valence-corrected chi connectivity index (χ0v) is 32.7. The number of fused-ring (bicyclic) bond motifs is 6. The first-order valence-corrected chi connectivity index (χ1v) is 19.2. The van der Waals surface area contributed by atoms with Crippen LogP contribution in [-0.2, 0) is 5.41 Å². The van der Waals surface area contributed by atoms with E-state index in [-0.39, 0.29) is 5.41 Å². The fourth-order valence-electron chi connectivity index (χ4n) is 7.61. The number of rotatable bonds is 8. The summed E-state index contributed by atoms with van der Waals surface area (Å²) in [6.07, 6.45) is 0. The van der Waals surface area contributed by atoms with Crippen LogP contribution in [0.15, 0.2) is 97.1 Å². The molecule has 0 aliphatic rings. The van der Waals surface area contributed by atoms with Crippen LogP contribution >= 0.6 is 0 Å². The molecule has 0 N–H and O–H groups in total. The molecule has 6 nitrogen and oxygen atoms in total. The highest BCUT2D eigenvalue weighted by atomic mass is 15.0. The van der Waals surface area contributed by atoms with Gasteiger partial charge in [0.05, 0.1) is 22.1 Å². The molecule has 0 bridgehead atoms. The topological polar surface area (TPSA) is 61.4 Å². The van der Waals surface area contributed by atoms with E-state index >= 15 is 0 Å². The molecule has 0 unspecified atom stereocenters. The van der Waals surface area contributed by atoms with Crippen molar-refractivity contribution in [1.82, 2.24) is 29.1 Å². The second-order valence-corrected chi connectivity index (χ2v) is 16.4.